The zero-order valence-corrected chi connectivity index (χ0v) is 9.17. The lowest BCUT2D eigenvalue weighted by Crippen LogP contribution is -1.97. The third kappa shape index (κ3) is 2.60. The summed E-state index contributed by atoms with van der Waals surface area (Å²) in [6, 6.07) is 14.7. The molecular weight excluding hydrogens is 216 g/mol. The molecule has 17 heavy (non-hydrogen) atoms. The van der Waals surface area contributed by atoms with Gasteiger partial charge >= 0.3 is 0 Å². The Morgan fingerprint density at radius 3 is 2.41 bits per heavy atom. The minimum Gasteiger partial charge on any atom is -0.393 e. The second-order valence-corrected chi connectivity index (χ2v) is 3.81. The van der Waals surface area contributed by atoms with E-state index in [2.05, 4.69) is 0 Å². The van der Waals surface area contributed by atoms with Gasteiger partial charge in [-0.15, -0.1) is 0 Å². The van der Waals surface area contributed by atoms with Crippen LogP contribution in [-0.4, -0.2) is 4.92 Å². The Balaban J connectivity index is 2.29. The van der Waals surface area contributed by atoms with Gasteiger partial charge in [0.15, 0.2) is 0 Å². The van der Waals surface area contributed by atoms with Gasteiger partial charge in [-0.05, 0) is 23.6 Å². The largest absolute Gasteiger partial charge is 0.393 e. The summed E-state index contributed by atoms with van der Waals surface area (Å²) in [7, 11) is 0. The molecule has 0 aliphatic rings. The lowest BCUT2D eigenvalue weighted by Gasteiger charge is -2.03. The topological polar surface area (TPSA) is 69.2 Å². The summed E-state index contributed by atoms with van der Waals surface area (Å²) in [4.78, 5) is 10.3. The molecule has 0 aliphatic heterocycles. The highest BCUT2D eigenvalue weighted by atomic mass is 16.6. The molecule has 4 heteroatoms. The van der Waals surface area contributed by atoms with Crippen LogP contribution in [0.1, 0.15) is 11.1 Å². The fraction of sp³-hybridized carbons (Fsp3) is 0.0769. The van der Waals surface area contributed by atoms with Crippen LogP contribution in [0.15, 0.2) is 48.5 Å². The average Bonchev–Trinajstić information content (AvgIpc) is 2.32. The summed E-state index contributed by atoms with van der Waals surface area (Å²) in [6.45, 7) is 0. The van der Waals surface area contributed by atoms with Crippen LogP contribution in [0.25, 0.3) is 0 Å². The van der Waals surface area contributed by atoms with Crippen molar-refractivity contribution in [3.8, 4) is 0 Å². The van der Waals surface area contributed by atoms with Gasteiger partial charge in [-0.2, -0.15) is 0 Å². The molecule has 0 aromatic heterocycles. The minimum atomic E-state index is -0.455. The summed E-state index contributed by atoms with van der Waals surface area (Å²) in [5.41, 5.74) is 7.72. The van der Waals surface area contributed by atoms with Crippen LogP contribution >= 0.6 is 0 Å². The molecule has 0 radical (unpaired) electrons. The standard InChI is InChI=1S/C13H12N2O2/c14-12-7-6-11(9-13(12)15(16)17)8-10-4-2-1-3-5-10/h1-7,9H,8,14H2. The average molecular weight is 228 g/mol. The molecule has 0 aliphatic carbocycles. The molecule has 0 fully saturated rings. The number of nitrogens with zero attached hydrogens (tertiary/aromatic N) is 1. The van der Waals surface area contributed by atoms with Crippen molar-refractivity contribution in [2.45, 2.75) is 6.42 Å². The maximum absolute atomic E-state index is 10.8. The summed E-state index contributed by atoms with van der Waals surface area (Å²) < 4.78 is 0. The first-order valence-electron chi connectivity index (χ1n) is 5.23. The SMILES string of the molecule is Nc1ccc(Cc2ccccc2)cc1[N+](=O)[O-]. The van der Waals surface area contributed by atoms with E-state index in [1.54, 1.807) is 6.07 Å². The number of hydrogen-bond acceptors (Lipinski definition) is 3. The maximum atomic E-state index is 10.8. The number of benzene rings is 2. The van der Waals surface area contributed by atoms with Crippen molar-refractivity contribution < 1.29 is 4.92 Å². The lowest BCUT2D eigenvalue weighted by molar-refractivity contribution is -0.383. The lowest BCUT2D eigenvalue weighted by atomic mass is 10.0. The second-order valence-electron chi connectivity index (χ2n) is 3.81. The number of nitrogen functional groups attached to an aromatic ring is 1. The van der Waals surface area contributed by atoms with Crippen molar-refractivity contribution in [3.05, 3.63) is 69.8 Å². The van der Waals surface area contributed by atoms with Gasteiger partial charge in [0.25, 0.3) is 5.69 Å². The molecule has 0 spiro atoms. The number of nitrogens with two attached hydrogens (primary N) is 1. The molecule has 0 saturated carbocycles. The van der Waals surface area contributed by atoms with Gasteiger partial charge in [0.1, 0.15) is 5.69 Å². The molecular formula is C13H12N2O2. The van der Waals surface area contributed by atoms with E-state index in [1.165, 1.54) is 6.07 Å². The predicted octanol–water partition coefficient (Wildman–Crippen LogP) is 2.77. The van der Waals surface area contributed by atoms with Crippen LogP contribution in [0.3, 0.4) is 0 Å². The molecule has 0 saturated heterocycles. The third-order valence-electron chi connectivity index (χ3n) is 2.54. The highest BCUT2D eigenvalue weighted by Gasteiger charge is 2.11. The van der Waals surface area contributed by atoms with Crippen LogP contribution in [0.4, 0.5) is 11.4 Å². The molecule has 0 amide bonds. The van der Waals surface area contributed by atoms with E-state index in [0.717, 1.165) is 11.1 Å². The fourth-order valence-corrected chi connectivity index (χ4v) is 1.69. The van der Waals surface area contributed by atoms with Gasteiger partial charge in [-0.3, -0.25) is 10.1 Å². The monoisotopic (exact) mass is 228 g/mol. The fourth-order valence-electron chi connectivity index (χ4n) is 1.69. The number of hydrogen-bond donors (Lipinski definition) is 1. The van der Waals surface area contributed by atoms with E-state index in [0.29, 0.717) is 6.42 Å². The molecule has 0 atom stereocenters. The van der Waals surface area contributed by atoms with Gasteiger partial charge in [-0.1, -0.05) is 36.4 Å². The second kappa shape index (κ2) is 4.65. The van der Waals surface area contributed by atoms with Gasteiger partial charge in [0.2, 0.25) is 0 Å². The number of nitro groups is 1. The van der Waals surface area contributed by atoms with E-state index >= 15 is 0 Å². The molecule has 2 aromatic rings. The van der Waals surface area contributed by atoms with Gasteiger partial charge in [-0.25, -0.2) is 0 Å². The quantitative estimate of drug-likeness (QED) is 0.499. The highest BCUT2D eigenvalue weighted by molar-refractivity contribution is 5.59. The van der Waals surface area contributed by atoms with E-state index in [-0.39, 0.29) is 11.4 Å². The van der Waals surface area contributed by atoms with Crippen LogP contribution < -0.4 is 5.73 Å². The predicted molar refractivity (Wildman–Crippen MR) is 66.8 cm³/mol. The first kappa shape index (κ1) is 11.1. The van der Waals surface area contributed by atoms with Crippen molar-refractivity contribution in [1.29, 1.82) is 0 Å². The summed E-state index contributed by atoms with van der Waals surface area (Å²) >= 11 is 0. The first-order chi connectivity index (χ1) is 8.16. The number of nitro benzene ring substituents is 1. The van der Waals surface area contributed by atoms with Crippen molar-refractivity contribution in [3.63, 3.8) is 0 Å². The van der Waals surface area contributed by atoms with Crippen molar-refractivity contribution >= 4 is 11.4 Å². The minimum absolute atomic E-state index is 0.0292. The smallest absolute Gasteiger partial charge is 0.292 e. The molecule has 0 bridgehead atoms. The summed E-state index contributed by atoms with van der Waals surface area (Å²) in [6.07, 6.45) is 0.669. The molecule has 2 N–H and O–H groups in total. The summed E-state index contributed by atoms with van der Waals surface area (Å²) in [5, 5.41) is 10.8. The normalized spacial score (nSPS) is 10.1. The molecule has 2 rings (SSSR count). The number of rotatable bonds is 3. The zero-order chi connectivity index (χ0) is 12.3. The molecule has 0 unspecified atom stereocenters. The number of anilines is 1. The Morgan fingerprint density at radius 2 is 1.76 bits per heavy atom. The van der Waals surface area contributed by atoms with Crippen molar-refractivity contribution in [2.24, 2.45) is 0 Å². The molecule has 2 aromatic carbocycles. The van der Waals surface area contributed by atoms with Crippen molar-refractivity contribution in [2.75, 3.05) is 5.73 Å². The van der Waals surface area contributed by atoms with Crippen LogP contribution in [-0.2, 0) is 6.42 Å². The highest BCUT2D eigenvalue weighted by Crippen LogP contribution is 2.23. The Labute approximate surface area is 98.8 Å². The Bertz CT molecular complexity index is 538. The van der Waals surface area contributed by atoms with E-state index < -0.39 is 4.92 Å². The summed E-state index contributed by atoms with van der Waals surface area (Å²) in [5.74, 6) is 0. The molecule has 0 heterocycles. The van der Waals surface area contributed by atoms with Crippen LogP contribution in [0.5, 0.6) is 0 Å². The van der Waals surface area contributed by atoms with E-state index in [4.69, 9.17) is 5.73 Å². The van der Waals surface area contributed by atoms with E-state index in [1.807, 2.05) is 36.4 Å². The van der Waals surface area contributed by atoms with Gasteiger partial charge in [0.05, 0.1) is 4.92 Å². The zero-order valence-electron chi connectivity index (χ0n) is 9.17. The van der Waals surface area contributed by atoms with Crippen LogP contribution in [0, 0.1) is 10.1 Å². The first-order valence-corrected chi connectivity index (χ1v) is 5.23. The van der Waals surface area contributed by atoms with Crippen molar-refractivity contribution in [1.82, 2.24) is 0 Å². The van der Waals surface area contributed by atoms with Gasteiger partial charge < -0.3 is 5.73 Å². The maximum Gasteiger partial charge on any atom is 0.292 e. The third-order valence-corrected chi connectivity index (χ3v) is 2.54. The van der Waals surface area contributed by atoms with Crippen LogP contribution in [0.2, 0.25) is 0 Å². The molecule has 86 valence electrons. The van der Waals surface area contributed by atoms with E-state index in [9.17, 15) is 10.1 Å². The Morgan fingerprint density at radius 1 is 1.06 bits per heavy atom. The molecule has 4 nitrogen and oxygen atoms in total. The Kier molecular flexibility index (Phi) is 3.05. The van der Waals surface area contributed by atoms with Gasteiger partial charge in [0, 0.05) is 6.07 Å². The Hall–Kier alpha value is -2.36.